The Morgan fingerprint density at radius 2 is 1.90 bits per heavy atom. The Kier molecular flexibility index (Phi) is 5.11. The zero-order chi connectivity index (χ0) is 14.5. The minimum Gasteiger partial charge on any atom is -0.378 e. The fraction of sp³-hybridized carbons (Fsp3) is 0.188. The van der Waals surface area contributed by atoms with Crippen LogP contribution in [0.2, 0.25) is 0 Å². The van der Waals surface area contributed by atoms with Gasteiger partial charge in [-0.05, 0) is 65.0 Å². The summed E-state index contributed by atoms with van der Waals surface area (Å²) in [6.45, 7) is 2.12. The number of nitriles is 1. The lowest BCUT2D eigenvalue weighted by Crippen LogP contribution is -2.07. The minimum absolute atomic E-state index is 0.204. The number of anilines is 1. The van der Waals surface area contributed by atoms with Crippen LogP contribution in [0.15, 0.2) is 51.8 Å². The summed E-state index contributed by atoms with van der Waals surface area (Å²) in [6.07, 6.45) is 2.07. The predicted molar refractivity (Wildman–Crippen MR) is 89.1 cm³/mol. The third kappa shape index (κ3) is 3.56. The molecule has 4 heteroatoms. The van der Waals surface area contributed by atoms with Crippen LogP contribution in [0.5, 0.6) is 0 Å². The Morgan fingerprint density at radius 3 is 2.45 bits per heavy atom. The van der Waals surface area contributed by atoms with Crippen molar-refractivity contribution in [2.24, 2.45) is 0 Å². The number of thioether (sulfide) groups is 1. The summed E-state index contributed by atoms with van der Waals surface area (Å²) in [7, 11) is 0. The van der Waals surface area contributed by atoms with Crippen molar-refractivity contribution in [1.82, 2.24) is 0 Å². The lowest BCUT2D eigenvalue weighted by molar-refractivity contribution is 0.881. The molecule has 1 atom stereocenters. The summed E-state index contributed by atoms with van der Waals surface area (Å²) in [5.41, 5.74) is 2.88. The predicted octanol–water partition coefficient (Wildman–Crippen LogP) is 5.22. The highest BCUT2D eigenvalue weighted by Crippen LogP contribution is 2.28. The largest absolute Gasteiger partial charge is 0.378 e. The number of nitrogens with one attached hydrogen (secondary N) is 1. The highest BCUT2D eigenvalue weighted by Gasteiger charge is 2.08. The van der Waals surface area contributed by atoms with Crippen LogP contribution in [0.4, 0.5) is 5.69 Å². The van der Waals surface area contributed by atoms with Gasteiger partial charge in [0.25, 0.3) is 0 Å². The number of halogens is 1. The van der Waals surface area contributed by atoms with E-state index in [-0.39, 0.29) is 6.04 Å². The van der Waals surface area contributed by atoms with E-state index in [4.69, 9.17) is 5.26 Å². The first-order valence-corrected chi connectivity index (χ1v) is 8.26. The molecule has 2 nitrogen and oxygen atoms in total. The van der Waals surface area contributed by atoms with Crippen LogP contribution in [0.3, 0.4) is 0 Å². The molecule has 20 heavy (non-hydrogen) atoms. The van der Waals surface area contributed by atoms with Crippen molar-refractivity contribution in [3.63, 3.8) is 0 Å². The van der Waals surface area contributed by atoms with Gasteiger partial charge in [0.05, 0.1) is 11.6 Å². The van der Waals surface area contributed by atoms with Crippen LogP contribution >= 0.6 is 27.7 Å². The van der Waals surface area contributed by atoms with Crippen molar-refractivity contribution in [1.29, 1.82) is 5.26 Å². The fourth-order valence-corrected chi connectivity index (χ4v) is 2.81. The molecule has 0 aliphatic rings. The highest BCUT2D eigenvalue weighted by atomic mass is 79.9. The van der Waals surface area contributed by atoms with Crippen LogP contribution < -0.4 is 5.32 Å². The number of hydrogen-bond donors (Lipinski definition) is 1. The van der Waals surface area contributed by atoms with E-state index in [1.54, 1.807) is 11.8 Å². The summed E-state index contributed by atoms with van der Waals surface area (Å²) < 4.78 is 0.907. The smallest absolute Gasteiger partial charge is 0.0992 e. The molecule has 0 fully saturated rings. The highest BCUT2D eigenvalue weighted by molar-refractivity contribution is 9.10. The molecule has 0 saturated carbocycles. The van der Waals surface area contributed by atoms with Gasteiger partial charge in [-0.15, -0.1) is 11.8 Å². The third-order valence-electron chi connectivity index (χ3n) is 3.09. The Morgan fingerprint density at radius 1 is 1.20 bits per heavy atom. The molecule has 2 rings (SSSR count). The van der Waals surface area contributed by atoms with Crippen molar-refractivity contribution < 1.29 is 0 Å². The standard InChI is InChI=1S/C16H15BrN2S/c1-11(13-4-6-14(20-2)7-5-13)19-16-8-3-12(10-18)9-15(16)17/h3-9,11,19H,1-2H3. The van der Waals surface area contributed by atoms with E-state index < -0.39 is 0 Å². The van der Waals surface area contributed by atoms with Crippen LogP contribution in [0.1, 0.15) is 24.1 Å². The fourth-order valence-electron chi connectivity index (χ4n) is 1.91. The molecule has 0 aliphatic heterocycles. The summed E-state index contributed by atoms with van der Waals surface area (Å²) in [4.78, 5) is 1.26. The van der Waals surface area contributed by atoms with Crippen LogP contribution in [-0.4, -0.2) is 6.26 Å². The van der Waals surface area contributed by atoms with Crippen LogP contribution in [0, 0.1) is 11.3 Å². The Hall–Kier alpha value is -1.44. The van der Waals surface area contributed by atoms with Gasteiger partial charge in [0.1, 0.15) is 0 Å². The van der Waals surface area contributed by atoms with Gasteiger partial charge < -0.3 is 5.32 Å². The van der Waals surface area contributed by atoms with Crippen molar-refractivity contribution in [2.75, 3.05) is 11.6 Å². The Bertz CT molecular complexity index is 632. The monoisotopic (exact) mass is 346 g/mol. The quantitative estimate of drug-likeness (QED) is 0.771. The lowest BCUT2D eigenvalue weighted by Gasteiger charge is -2.17. The molecule has 2 aromatic rings. The second kappa shape index (κ2) is 6.83. The van der Waals surface area contributed by atoms with E-state index >= 15 is 0 Å². The number of rotatable bonds is 4. The van der Waals surface area contributed by atoms with Gasteiger partial charge in [-0.3, -0.25) is 0 Å². The van der Waals surface area contributed by atoms with E-state index in [9.17, 15) is 0 Å². The molecule has 0 spiro atoms. The van der Waals surface area contributed by atoms with E-state index in [1.807, 2.05) is 18.2 Å². The molecule has 0 heterocycles. The molecule has 0 amide bonds. The van der Waals surface area contributed by atoms with E-state index in [0.717, 1.165) is 10.2 Å². The van der Waals surface area contributed by atoms with E-state index in [0.29, 0.717) is 5.56 Å². The molecule has 2 aromatic carbocycles. The average molecular weight is 347 g/mol. The molecule has 1 N–H and O–H groups in total. The Labute approximate surface area is 132 Å². The van der Waals surface area contributed by atoms with E-state index in [1.165, 1.54) is 10.5 Å². The second-order valence-corrected chi connectivity index (χ2v) is 6.18. The van der Waals surface area contributed by atoms with Gasteiger partial charge in [0.2, 0.25) is 0 Å². The van der Waals surface area contributed by atoms with Gasteiger partial charge in [-0.25, -0.2) is 0 Å². The van der Waals surface area contributed by atoms with Gasteiger partial charge in [0, 0.05) is 21.1 Å². The van der Waals surface area contributed by atoms with Crippen molar-refractivity contribution >= 4 is 33.4 Å². The molecule has 102 valence electrons. The van der Waals surface area contributed by atoms with Crippen LogP contribution in [-0.2, 0) is 0 Å². The summed E-state index contributed by atoms with van der Waals surface area (Å²) in [5, 5.41) is 12.3. The molecular weight excluding hydrogens is 332 g/mol. The first-order valence-electron chi connectivity index (χ1n) is 6.24. The molecule has 0 bridgehead atoms. The van der Waals surface area contributed by atoms with Crippen molar-refractivity contribution in [3.05, 3.63) is 58.1 Å². The molecule has 1 unspecified atom stereocenters. The first kappa shape index (κ1) is 15.0. The zero-order valence-electron chi connectivity index (χ0n) is 11.4. The van der Waals surface area contributed by atoms with Crippen molar-refractivity contribution in [2.45, 2.75) is 17.9 Å². The molecule has 0 aromatic heterocycles. The lowest BCUT2D eigenvalue weighted by atomic mass is 10.1. The molecular formula is C16H15BrN2S. The maximum atomic E-state index is 8.87. The normalized spacial score (nSPS) is 11.7. The maximum Gasteiger partial charge on any atom is 0.0992 e. The third-order valence-corrected chi connectivity index (χ3v) is 4.49. The number of hydrogen-bond acceptors (Lipinski definition) is 3. The SMILES string of the molecule is CSc1ccc(C(C)Nc2ccc(C#N)cc2Br)cc1. The number of benzene rings is 2. The summed E-state index contributed by atoms with van der Waals surface area (Å²) >= 11 is 5.24. The molecule has 0 saturated heterocycles. The van der Waals surface area contributed by atoms with Crippen LogP contribution in [0.25, 0.3) is 0 Å². The topological polar surface area (TPSA) is 35.8 Å². The first-order chi connectivity index (χ1) is 9.63. The maximum absolute atomic E-state index is 8.87. The van der Waals surface area contributed by atoms with E-state index in [2.05, 4.69) is 64.8 Å². The number of nitrogens with zero attached hydrogens (tertiary/aromatic N) is 1. The average Bonchev–Trinajstić information content (AvgIpc) is 2.49. The molecule has 0 radical (unpaired) electrons. The van der Waals surface area contributed by atoms with Gasteiger partial charge in [-0.1, -0.05) is 12.1 Å². The van der Waals surface area contributed by atoms with Crippen molar-refractivity contribution in [3.8, 4) is 6.07 Å². The minimum atomic E-state index is 0.204. The summed E-state index contributed by atoms with van der Waals surface area (Å²) in [5.74, 6) is 0. The van der Waals surface area contributed by atoms with Gasteiger partial charge >= 0.3 is 0 Å². The second-order valence-electron chi connectivity index (χ2n) is 4.45. The molecule has 0 aliphatic carbocycles. The van der Waals surface area contributed by atoms with Gasteiger partial charge in [0.15, 0.2) is 0 Å². The zero-order valence-corrected chi connectivity index (χ0v) is 13.8. The summed E-state index contributed by atoms with van der Waals surface area (Å²) in [6, 6.07) is 16.4. The Balaban J connectivity index is 2.14. The van der Waals surface area contributed by atoms with Gasteiger partial charge in [-0.2, -0.15) is 5.26 Å².